The van der Waals surface area contributed by atoms with Gasteiger partial charge < -0.3 is 15.0 Å². The van der Waals surface area contributed by atoms with E-state index in [0.29, 0.717) is 16.1 Å². The number of pyridine rings is 1. The van der Waals surface area contributed by atoms with Gasteiger partial charge in [-0.1, -0.05) is 17.7 Å². The minimum absolute atomic E-state index is 0.0741. The number of allylic oxidation sites excluding steroid dienone is 1. The average Bonchev–Trinajstić information content (AvgIpc) is 2.74. The summed E-state index contributed by atoms with van der Waals surface area (Å²) in [5.74, 6) is -1.06. The van der Waals surface area contributed by atoms with E-state index in [1.807, 2.05) is 0 Å². The van der Waals surface area contributed by atoms with Crippen molar-refractivity contribution in [3.05, 3.63) is 57.0 Å². The summed E-state index contributed by atoms with van der Waals surface area (Å²) >= 11 is 6.04. The highest BCUT2D eigenvalue weighted by atomic mass is 35.5. The van der Waals surface area contributed by atoms with Gasteiger partial charge >= 0.3 is 5.97 Å². The Balaban J connectivity index is 2.49. The third-order valence-electron chi connectivity index (χ3n) is 5.10. The fraction of sp³-hybridized carbons (Fsp3) is 0.333. The molecule has 32 heavy (non-hydrogen) atoms. The Hall–Kier alpha value is -2.98. The van der Waals surface area contributed by atoms with Gasteiger partial charge in [0.25, 0.3) is 5.56 Å². The summed E-state index contributed by atoms with van der Waals surface area (Å²) in [7, 11) is -2.87. The number of hydrogen-bond acceptors (Lipinski definition) is 6. The lowest BCUT2D eigenvalue weighted by Crippen LogP contribution is -2.45. The Morgan fingerprint density at radius 3 is 2.56 bits per heavy atom. The zero-order chi connectivity index (χ0) is 24.3. The van der Waals surface area contributed by atoms with E-state index in [9.17, 15) is 18.0 Å². The van der Waals surface area contributed by atoms with Crippen molar-refractivity contribution in [1.82, 2.24) is 10.3 Å². The lowest BCUT2D eigenvalue weighted by Gasteiger charge is -2.25. The number of halogens is 1. The van der Waals surface area contributed by atoms with Crippen LogP contribution in [-0.2, 0) is 19.4 Å². The van der Waals surface area contributed by atoms with Crippen molar-refractivity contribution in [2.45, 2.75) is 31.6 Å². The fourth-order valence-electron chi connectivity index (χ4n) is 3.10. The number of ether oxygens (including phenoxy) is 1. The van der Waals surface area contributed by atoms with E-state index < -0.39 is 26.6 Å². The molecule has 0 saturated heterocycles. The molecule has 2 atom stereocenters. The lowest BCUT2D eigenvalue weighted by molar-refractivity contribution is -0.142. The van der Waals surface area contributed by atoms with Crippen molar-refractivity contribution >= 4 is 51.0 Å². The first kappa shape index (κ1) is 25.3. The summed E-state index contributed by atoms with van der Waals surface area (Å²) in [5.41, 5.74) is 0.569. The molecule has 0 spiro atoms. The SMILES string of the molecule is C=N/C(=N\C(=C/C)C(C)(C(=O)OC)S(C)(=O)=O)N[C@@H](C)c1cc2cc(Cl)ccc2[nH]c1=O. The van der Waals surface area contributed by atoms with Crippen LogP contribution in [0.15, 0.2) is 50.8 Å². The number of aromatic nitrogens is 1. The molecule has 2 rings (SSSR count). The molecule has 0 aliphatic carbocycles. The molecule has 1 unspecified atom stereocenters. The third kappa shape index (κ3) is 4.91. The van der Waals surface area contributed by atoms with Crippen molar-refractivity contribution in [2.75, 3.05) is 13.4 Å². The minimum atomic E-state index is -3.96. The van der Waals surface area contributed by atoms with E-state index >= 15 is 0 Å². The van der Waals surface area contributed by atoms with Gasteiger partial charge in [0.1, 0.15) is 0 Å². The van der Waals surface area contributed by atoms with E-state index in [0.717, 1.165) is 18.8 Å². The number of esters is 1. The number of guanidine groups is 1. The Kier molecular flexibility index (Phi) is 7.63. The zero-order valence-electron chi connectivity index (χ0n) is 18.4. The molecule has 172 valence electrons. The summed E-state index contributed by atoms with van der Waals surface area (Å²) in [6.45, 7) is 7.89. The summed E-state index contributed by atoms with van der Waals surface area (Å²) in [6, 6.07) is 6.19. The molecule has 1 aromatic carbocycles. The van der Waals surface area contributed by atoms with Gasteiger partial charge in [-0.2, -0.15) is 0 Å². The maximum absolute atomic E-state index is 12.6. The number of aromatic amines is 1. The Bertz CT molecular complexity index is 1280. The minimum Gasteiger partial charge on any atom is -0.468 e. The highest BCUT2D eigenvalue weighted by molar-refractivity contribution is 7.93. The molecule has 2 N–H and O–H groups in total. The van der Waals surface area contributed by atoms with E-state index in [-0.39, 0.29) is 17.2 Å². The van der Waals surface area contributed by atoms with Crippen LogP contribution in [0.1, 0.15) is 32.4 Å². The van der Waals surface area contributed by atoms with Gasteiger partial charge in [-0.15, -0.1) is 0 Å². The topological polar surface area (TPSA) is 130 Å². The summed E-state index contributed by atoms with van der Waals surface area (Å²) < 4.78 is 27.5. The van der Waals surface area contributed by atoms with Crippen molar-refractivity contribution < 1.29 is 17.9 Å². The van der Waals surface area contributed by atoms with Gasteiger partial charge in [-0.25, -0.2) is 23.2 Å². The maximum Gasteiger partial charge on any atom is 0.333 e. The number of carbonyl (C=O) groups excluding carboxylic acids is 1. The molecule has 0 saturated carbocycles. The van der Waals surface area contributed by atoms with Gasteiger partial charge in [0.2, 0.25) is 10.7 Å². The molecule has 0 radical (unpaired) electrons. The highest BCUT2D eigenvalue weighted by Crippen LogP contribution is 2.29. The second kappa shape index (κ2) is 9.66. The summed E-state index contributed by atoms with van der Waals surface area (Å²) in [5, 5.41) is 4.18. The number of benzene rings is 1. The van der Waals surface area contributed by atoms with E-state index in [2.05, 4.69) is 27.0 Å². The maximum atomic E-state index is 12.6. The molecule has 2 aromatic rings. The summed E-state index contributed by atoms with van der Waals surface area (Å²) in [6.07, 6.45) is 2.29. The van der Waals surface area contributed by atoms with Crippen LogP contribution in [0.25, 0.3) is 10.9 Å². The predicted molar refractivity (Wildman–Crippen MR) is 127 cm³/mol. The largest absolute Gasteiger partial charge is 0.468 e. The molecule has 0 aliphatic rings. The quantitative estimate of drug-likeness (QED) is 0.371. The van der Waals surface area contributed by atoms with Crippen LogP contribution in [0.3, 0.4) is 0 Å². The molecule has 0 amide bonds. The number of nitrogens with zero attached hydrogens (tertiary/aromatic N) is 2. The first-order valence-electron chi connectivity index (χ1n) is 9.48. The van der Waals surface area contributed by atoms with Crippen LogP contribution in [0, 0.1) is 0 Å². The standard InChI is InChI=1S/C21H25ClN4O5S/c1-7-17(21(3,19(28)31-5)32(6,29)30)26-20(23-4)24-12(2)15-11-13-10-14(22)8-9-16(13)25-18(15)27/h7-12H,4H2,1-3,5-6H3,(H,24,26)(H,25,27)/b17-7-/t12-,21?/m0/s1. The monoisotopic (exact) mass is 480 g/mol. The van der Waals surface area contributed by atoms with Crippen molar-refractivity contribution in [3.63, 3.8) is 0 Å². The summed E-state index contributed by atoms with van der Waals surface area (Å²) in [4.78, 5) is 35.7. The van der Waals surface area contributed by atoms with Crippen LogP contribution in [0.4, 0.5) is 0 Å². The first-order chi connectivity index (χ1) is 14.9. The molecule has 0 fully saturated rings. The number of rotatable bonds is 6. The van der Waals surface area contributed by atoms with Crippen molar-refractivity contribution in [3.8, 4) is 0 Å². The van der Waals surface area contributed by atoms with Crippen LogP contribution in [0.5, 0.6) is 0 Å². The van der Waals surface area contributed by atoms with Gasteiger partial charge in [0, 0.05) is 27.7 Å². The van der Waals surface area contributed by atoms with Gasteiger partial charge in [0.05, 0.1) is 18.8 Å². The highest BCUT2D eigenvalue weighted by Gasteiger charge is 2.48. The second-order valence-electron chi connectivity index (χ2n) is 7.22. The molecule has 11 heteroatoms. The van der Waals surface area contributed by atoms with Gasteiger partial charge in [-0.05, 0) is 51.8 Å². The lowest BCUT2D eigenvalue weighted by atomic mass is 10.1. The van der Waals surface area contributed by atoms with Gasteiger partial charge in [0.15, 0.2) is 9.84 Å². The smallest absolute Gasteiger partial charge is 0.333 e. The van der Waals surface area contributed by atoms with Crippen LogP contribution >= 0.6 is 11.6 Å². The van der Waals surface area contributed by atoms with Crippen molar-refractivity contribution in [2.24, 2.45) is 9.98 Å². The number of aliphatic imine (C=N–C) groups is 2. The van der Waals surface area contributed by atoms with Crippen LogP contribution in [-0.4, -0.2) is 50.2 Å². The van der Waals surface area contributed by atoms with Crippen LogP contribution in [0.2, 0.25) is 5.02 Å². The van der Waals surface area contributed by atoms with Gasteiger partial charge in [-0.3, -0.25) is 4.79 Å². The number of fused-ring (bicyclic) bond motifs is 1. The number of hydrogen-bond donors (Lipinski definition) is 2. The molecule has 1 aromatic heterocycles. The van der Waals surface area contributed by atoms with E-state index in [1.54, 1.807) is 31.2 Å². The van der Waals surface area contributed by atoms with E-state index in [1.165, 1.54) is 19.9 Å². The molecule has 9 nitrogen and oxygen atoms in total. The molecular weight excluding hydrogens is 456 g/mol. The molecular formula is C21H25ClN4O5S. The number of nitrogens with one attached hydrogen (secondary N) is 2. The van der Waals surface area contributed by atoms with Crippen molar-refractivity contribution in [1.29, 1.82) is 0 Å². The van der Waals surface area contributed by atoms with E-state index in [4.69, 9.17) is 16.3 Å². The average molecular weight is 481 g/mol. The predicted octanol–water partition coefficient (Wildman–Crippen LogP) is 2.77. The zero-order valence-corrected chi connectivity index (χ0v) is 20.0. The number of H-pyrrole nitrogens is 1. The Morgan fingerprint density at radius 1 is 1.38 bits per heavy atom. The first-order valence-corrected chi connectivity index (χ1v) is 11.7. The van der Waals surface area contributed by atoms with Crippen LogP contribution < -0.4 is 10.9 Å². The molecule has 1 heterocycles. The molecule has 0 aliphatic heterocycles. The molecule has 0 bridgehead atoms. The fourth-order valence-corrected chi connectivity index (χ4v) is 4.21. The second-order valence-corrected chi connectivity index (χ2v) is 10.0. The number of methoxy groups -OCH3 is 1. The third-order valence-corrected chi connectivity index (χ3v) is 7.20. The Labute approximate surface area is 191 Å². The Morgan fingerprint density at radius 2 is 2.03 bits per heavy atom. The number of carbonyl (C=O) groups is 1. The number of sulfone groups is 1. The normalized spacial score (nSPS) is 15.7.